The lowest BCUT2D eigenvalue weighted by atomic mass is 10.4. The van der Waals surface area contributed by atoms with Crippen LogP contribution in [0.2, 0.25) is 5.02 Å². The van der Waals surface area contributed by atoms with Crippen molar-refractivity contribution in [1.29, 1.82) is 0 Å². The van der Waals surface area contributed by atoms with Crippen LogP contribution in [0.3, 0.4) is 0 Å². The summed E-state index contributed by atoms with van der Waals surface area (Å²) in [5.41, 5.74) is 6.73. The summed E-state index contributed by atoms with van der Waals surface area (Å²) in [6.07, 6.45) is 1.43. The molecule has 0 bridgehead atoms. The Labute approximate surface area is 105 Å². The molecule has 2 aromatic rings. The van der Waals surface area contributed by atoms with Crippen LogP contribution in [0.5, 0.6) is 0 Å². The molecule has 0 radical (unpaired) electrons. The molecule has 1 unspecified atom stereocenters. The SMILES string of the molecule is [C-]#[N+]c1c(S(C)=O)nc2c(Cl)c(C)nn2c1N. The van der Waals surface area contributed by atoms with Crippen LogP contribution >= 0.6 is 11.6 Å². The number of aryl methyl sites for hydroxylation is 1. The predicted octanol–water partition coefficient (Wildman–Crippen LogP) is 1.56. The van der Waals surface area contributed by atoms with Gasteiger partial charge in [0.25, 0.3) is 5.69 Å². The molecule has 0 aliphatic heterocycles. The van der Waals surface area contributed by atoms with Gasteiger partial charge in [-0.25, -0.2) is 14.3 Å². The van der Waals surface area contributed by atoms with E-state index in [1.807, 2.05) is 0 Å². The second-order valence-corrected chi connectivity index (χ2v) is 5.02. The highest BCUT2D eigenvalue weighted by molar-refractivity contribution is 7.84. The number of nitrogens with two attached hydrogens (primary N) is 1. The third-order valence-corrected chi connectivity index (χ3v) is 3.50. The number of anilines is 1. The third kappa shape index (κ3) is 1.66. The topological polar surface area (TPSA) is 77.6 Å². The molecule has 0 aliphatic rings. The summed E-state index contributed by atoms with van der Waals surface area (Å²) in [4.78, 5) is 7.35. The van der Waals surface area contributed by atoms with Crippen LogP contribution in [0.1, 0.15) is 5.69 Å². The van der Waals surface area contributed by atoms with Gasteiger partial charge in [-0.05, 0) is 6.92 Å². The van der Waals surface area contributed by atoms with Gasteiger partial charge in [0, 0.05) is 6.26 Å². The molecule has 88 valence electrons. The maximum atomic E-state index is 11.5. The van der Waals surface area contributed by atoms with Gasteiger partial charge in [-0.15, -0.1) is 0 Å². The van der Waals surface area contributed by atoms with Crippen molar-refractivity contribution in [2.24, 2.45) is 0 Å². The fourth-order valence-electron chi connectivity index (χ4n) is 1.42. The van der Waals surface area contributed by atoms with E-state index in [9.17, 15) is 4.21 Å². The van der Waals surface area contributed by atoms with Crippen LogP contribution in [-0.2, 0) is 10.8 Å². The van der Waals surface area contributed by atoms with Crippen molar-refractivity contribution >= 4 is 39.6 Å². The Balaban J connectivity index is 2.99. The molecule has 2 aromatic heterocycles. The lowest BCUT2D eigenvalue weighted by molar-refractivity contribution is 0.684. The number of hydrogen-bond donors (Lipinski definition) is 1. The normalized spacial score (nSPS) is 12.6. The predicted molar refractivity (Wildman–Crippen MR) is 65.7 cm³/mol. The standard InChI is InChI=1S/C9H8ClN5OS/c1-4-5(10)8-13-9(17(3)16)6(12-2)7(11)15(8)14-4/h11H2,1,3H3. The van der Waals surface area contributed by atoms with Crippen molar-refractivity contribution in [3.63, 3.8) is 0 Å². The smallest absolute Gasteiger partial charge is 0.261 e. The summed E-state index contributed by atoms with van der Waals surface area (Å²) < 4.78 is 12.8. The average molecular weight is 270 g/mol. The number of aromatic nitrogens is 3. The molecule has 0 fully saturated rings. The van der Waals surface area contributed by atoms with Gasteiger partial charge in [-0.1, -0.05) is 11.6 Å². The van der Waals surface area contributed by atoms with Crippen LogP contribution in [0.4, 0.5) is 11.5 Å². The first kappa shape index (κ1) is 11.8. The minimum Gasteiger partial charge on any atom is -0.392 e. The summed E-state index contributed by atoms with van der Waals surface area (Å²) >= 11 is 6.01. The minimum absolute atomic E-state index is 0.0532. The number of nitrogen functional groups attached to an aromatic ring is 1. The molecule has 2 heterocycles. The molecule has 0 aliphatic carbocycles. The Morgan fingerprint density at radius 1 is 1.59 bits per heavy atom. The molecule has 6 nitrogen and oxygen atoms in total. The number of hydrogen-bond acceptors (Lipinski definition) is 4. The van der Waals surface area contributed by atoms with Crippen LogP contribution < -0.4 is 5.73 Å². The van der Waals surface area contributed by atoms with E-state index in [1.54, 1.807) is 6.92 Å². The van der Waals surface area contributed by atoms with Crippen LogP contribution in [0.25, 0.3) is 10.5 Å². The quantitative estimate of drug-likeness (QED) is 0.629. The average Bonchev–Trinajstić information content (AvgIpc) is 2.56. The third-order valence-electron chi connectivity index (χ3n) is 2.23. The molecule has 0 aromatic carbocycles. The fourth-order valence-corrected chi connectivity index (χ4v) is 2.22. The van der Waals surface area contributed by atoms with Gasteiger partial charge in [0.15, 0.2) is 5.65 Å². The van der Waals surface area contributed by atoms with Crippen LogP contribution in [-0.4, -0.2) is 25.1 Å². The number of nitrogens with zero attached hydrogens (tertiary/aromatic N) is 4. The molecule has 2 N–H and O–H groups in total. The Morgan fingerprint density at radius 3 is 2.76 bits per heavy atom. The van der Waals surface area contributed by atoms with Gasteiger partial charge in [0.05, 0.1) is 23.1 Å². The van der Waals surface area contributed by atoms with Crippen molar-refractivity contribution in [3.05, 3.63) is 22.1 Å². The number of fused-ring (bicyclic) bond motifs is 1. The van der Waals surface area contributed by atoms with Crippen molar-refractivity contribution in [2.45, 2.75) is 11.9 Å². The molecule has 0 saturated carbocycles. The highest BCUT2D eigenvalue weighted by Gasteiger charge is 2.19. The second kappa shape index (κ2) is 3.98. The zero-order chi connectivity index (χ0) is 12.7. The Kier molecular flexibility index (Phi) is 2.77. The van der Waals surface area contributed by atoms with Crippen molar-refractivity contribution in [1.82, 2.24) is 14.6 Å². The first-order valence-electron chi connectivity index (χ1n) is 4.52. The van der Waals surface area contributed by atoms with Gasteiger partial charge in [0.2, 0.25) is 0 Å². The summed E-state index contributed by atoms with van der Waals surface area (Å²) in [5, 5.41) is 4.55. The van der Waals surface area contributed by atoms with Crippen LogP contribution in [0, 0.1) is 13.5 Å². The summed E-state index contributed by atoms with van der Waals surface area (Å²) in [6.45, 7) is 8.76. The molecule has 1 atom stereocenters. The highest BCUT2D eigenvalue weighted by Crippen LogP contribution is 2.31. The van der Waals surface area contributed by atoms with E-state index >= 15 is 0 Å². The van der Waals surface area contributed by atoms with E-state index in [0.29, 0.717) is 16.4 Å². The van der Waals surface area contributed by atoms with E-state index < -0.39 is 10.8 Å². The van der Waals surface area contributed by atoms with E-state index in [-0.39, 0.29) is 16.5 Å². The van der Waals surface area contributed by atoms with Gasteiger partial charge < -0.3 is 5.73 Å². The van der Waals surface area contributed by atoms with E-state index in [4.69, 9.17) is 23.9 Å². The number of rotatable bonds is 1. The summed E-state index contributed by atoms with van der Waals surface area (Å²) in [6, 6.07) is 0. The van der Waals surface area contributed by atoms with Crippen molar-refractivity contribution < 1.29 is 4.21 Å². The molecule has 2 rings (SSSR count). The molecule has 8 heteroatoms. The molecular formula is C9H8ClN5OS. The summed E-state index contributed by atoms with van der Waals surface area (Å²) in [7, 11) is -1.41. The Morgan fingerprint density at radius 2 is 2.24 bits per heavy atom. The zero-order valence-corrected chi connectivity index (χ0v) is 10.6. The molecule has 0 saturated heterocycles. The van der Waals surface area contributed by atoms with Gasteiger partial charge in [-0.3, -0.25) is 4.21 Å². The first-order chi connectivity index (χ1) is 7.97. The monoisotopic (exact) mass is 269 g/mol. The number of halogens is 1. The first-order valence-corrected chi connectivity index (χ1v) is 6.46. The van der Waals surface area contributed by atoms with E-state index in [2.05, 4.69) is 14.9 Å². The van der Waals surface area contributed by atoms with E-state index in [0.717, 1.165) is 0 Å². The van der Waals surface area contributed by atoms with Gasteiger partial charge >= 0.3 is 0 Å². The Hall–Kier alpha value is -1.65. The van der Waals surface area contributed by atoms with Crippen LogP contribution in [0.15, 0.2) is 5.03 Å². The Bertz CT molecular complexity index is 687. The van der Waals surface area contributed by atoms with Crippen molar-refractivity contribution in [2.75, 3.05) is 12.0 Å². The van der Waals surface area contributed by atoms with Crippen molar-refractivity contribution in [3.8, 4) is 0 Å². The van der Waals surface area contributed by atoms with E-state index in [1.165, 1.54) is 10.8 Å². The minimum atomic E-state index is -1.41. The second-order valence-electron chi connectivity index (χ2n) is 3.35. The lowest BCUT2D eigenvalue weighted by Gasteiger charge is -2.05. The maximum absolute atomic E-state index is 11.5. The molecule has 0 amide bonds. The lowest BCUT2D eigenvalue weighted by Crippen LogP contribution is -2.04. The molecule has 0 spiro atoms. The summed E-state index contributed by atoms with van der Waals surface area (Å²) in [5.74, 6) is 0.102. The maximum Gasteiger partial charge on any atom is 0.261 e. The van der Waals surface area contributed by atoms with Gasteiger partial charge in [0.1, 0.15) is 15.9 Å². The zero-order valence-electron chi connectivity index (χ0n) is 9.06. The molecular weight excluding hydrogens is 262 g/mol. The largest absolute Gasteiger partial charge is 0.392 e. The molecule has 17 heavy (non-hydrogen) atoms. The fraction of sp³-hybridized carbons (Fsp3) is 0.222. The van der Waals surface area contributed by atoms with Gasteiger partial charge in [-0.2, -0.15) is 5.10 Å². The highest BCUT2D eigenvalue weighted by atomic mass is 35.5.